The number of nitrogen functional groups attached to an aromatic ring is 1. The maximum absolute atomic E-state index is 5.79. The van der Waals surface area contributed by atoms with Crippen LogP contribution in [0.25, 0.3) is 0 Å². The van der Waals surface area contributed by atoms with Gasteiger partial charge in [0, 0.05) is 26.0 Å². The first-order valence-electron chi connectivity index (χ1n) is 4.93. The van der Waals surface area contributed by atoms with Gasteiger partial charge in [-0.15, -0.1) is 0 Å². The van der Waals surface area contributed by atoms with E-state index in [1.54, 1.807) is 12.4 Å². The first-order valence-corrected chi connectivity index (χ1v) is 4.93. The van der Waals surface area contributed by atoms with Crippen molar-refractivity contribution in [1.29, 1.82) is 0 Å². The Labute approximate surface area is 94.0 Å². The molecule has 2 rings (SSSR count). The highest BCUT2D eigenvalue weighted by Gasteiger charge is 2.06. The quantitative estimate of drug-likeness (QED) is 0.830. The minimum atomic E-state index is 0.578. The van der Waals surface area contributed by atoms with Gasteiger partial charge in [0.2, 0.25) is 0 Å². The predicted molar refractivity (Wildman–Crippen MR) is 62.8 cm³/mol. The molecular formula is C11H13N5. The molecule has 16 heavy (non-hydrogen) atoms. The number of nitrogens with zero attached hydrogens (tertiary/aromatic N) is 4. The lowest BCUT2D eigenvalue weighted by molar-refractivity contribution is 0.888. The number of anilines is 2. The van der Waals surface area contributed by atoms with Gasteiger partial charge in [-0.2, -0.15) is 0 Å². The fourth-order valence-corrected chi connectivity index (χ4v) is 1.49. The molecule has 5 heteroatoms. The predicted octanol–water partition coefficient (Wildman–Crippen LogP) is 1.09. The van der Waals surface area contributed by atoms with Crippen LogP contribution in [-0.4, -0.2) is 22.0 Å². The summed E-state index contributed by atoms with van der Waals surface area (Å²) in [7, 11) is 1.94. The van der Waals surface area contributed by atoms with Crippen molar-refractivity contribution in [3.8, 4) is 0 Å². The van der Waals surface area contributed by atoms with Gasteiger partial charge in [0.15, 0.2) is 5.82 Å². The maximum atomic E-state index is 5.79. The third-order valence-corrected chi connectivity index (χ3v) is 2.22. The van der Waals surface area contributed by atoms with Crippen LogP contribution in [0.5, 0.6) is 0 Å². The molecule has 0 aliphatic carbocycles. The fraction of sp³-hybridized carbons (Fsp3) is 0.182. The number of aromatic nitrogens is 3. The number of hydrogen-bond acceptors (Lipinski definition) is 5. The summed E-state index contributed by atoms with van der Waals surface area (Å²) in [6.07, 6.45) is 6.67. The zero-order valence-electron chi connectivity index (χ0n) is 9.04. The summed E-state index contributed by atoms with van der Waals surface area (Å²) in [5.41, 5.74) is 7.48. The van der Waals surface area contributed by atoms with Crippen LogP contribution in [-0.2, 0) is 6.54 Å². The van der Waals surface area contributed by atoms with Crippen molar-refractivity contribution < 1.29 is 0 Å². The SMILES string of the molecule is CN(Cc1cccnc1)c1ncncc1N. The summed E-state index contributed by atoms with van der Waals surface area (Å²) >= 11 is 0. The van der Waals surface area contributed by atoms with Crippen LogP contribution in [0.15, 0.2) is 37.1 Å². The molecule has 82 valence electrons. The molecule has 0 aliphatic heterocycles. The second-order valence-electron chi connectivity index (χ2n) is 3.52. The van der Waals surface area contributed by atoms with Crippen LogP contribution in [0.3, 0.4) is 0 Å². The highest BCUT2D eigenvalue weighted by molar-refractivity contribution is 5.60. The summed E-state index contributed by atoms with van der Waals surface area (Å²) in [4.78, 5) is 14.0. The standard InChI is InChI=1S/C11H13N5/c1-16(7-9-3-2-4-13-5-9)11-10(12)6-14-8-15-11/h2-6,8H,7,12H2,1H3. The molecule has 2 heterocycles. The molecular weight excluding hydrogens is 202 g/mol. The van der Waals surface area contributed by atoms with Crippen LogP contribution >= 0.6 is 0 Å². The Morgan fingerprint density at radius 3 is 2.88 bits per heavy atom. The van der Waals surface area contributed by atoms with E-state index < -0.39 is 0 Å². The van der Waals surface area contributed by atoms with Crippen LogP contribution < -0.4 is 10.6 Å². The molecule has 0 fully saturated rings. The summed E-state index contributed by atoms with van der Waals surface area (Å²) in [5, 5.41) is 0. The summed E-state index contributed by atoms with van der Waals surface area (Å²) in [5.74, 6) is 0.735. The third-order valence-electron chi connectivity index (χ3n) is 2.22. The summed E-state index contributed by atoms with van der Waals surface area (Å²) < 4.78 is 0. The van der Waals surface area contributed by atoms with Gasteiger partial charge < -0.3 is 10.6 Å². The minimum absolute atomic E-state index is 0.578. The molecule has 5 nitrogen and oxygen atoms in total. The number of rotatable bonds is 3. The second kappa shape index (κ2) is 4.57. The molecule has 0 spiro atoms. The highest BCUT2D eigenvalue weighted by atomic mass is 15.2. The van der Waals surface area contributed by atoms with E-state index in [9.17, 15) is 0 Å². The van der Waals surface area contributed by atoms with E-state index >= 15 is 0 Å². The normalized spacial score (nSPS) is 10.1. The second-order valence-corrected chi connectivity index (χ2v) is 3.52. The highest BCUT2D eigenvalue weighted by Crippen LogP contribution is 2.18. The van der Waals surface area contributed by atoms with E-state index in [2.05, 4.69) is 15.0 Å². The first kappa shape index (κ1) is 10.4. The largest absolute Gasteiger partial charge is 0.394 e. The fourth-order valence-electron chi connectivity index (χ4n) is 1.49. The van der Waals surface area contributed by atoms with Crippen LogP contribution in [0.4, 0.5) is 11.5 Å². The molecule has 0 aromatic carbocycles. The monoisotopic (exact) mass is 215 g/mol. The zero-order chi connectivity index (χ0) is 11.4. The van der Waals surface area contributed by atoms with E-state index in [4.69, 9.17) is 5.73 Å². The number of pyridine rings is 1. The molecule has 2 aromatic heterocycles. The molecule has 0 radical (unpaired) electrons. The van der Waals surface area contributed by atoms with Crippen molar-refractivity contribution in [2.45, 2.75) is 6.54 Å². The molecule has 0 bridgehead atoms. The van der Waals surface area contributed by atoms with Crippen molar-refractivity contribution in [3.05, 3.63) is 42.6 Å². The molecule has 0 aliphatic rings. The molecule has 2 aromatic rings. The lowest BCUT2D eigenvalue weighted by Crippen LogP contribution is -2.19. The Bertz CT molecular complexity index is 457. The number of hydrogen-bond donors (Lipinski definition) is 1. The Hall–Kier alpha value is -2.17. The van der Waals surface area contributed by atoms with Crippen LogP contribution in [0, 0.1) is 0 Å². The van der Waals surface area contributed by atoms with Gasteiger partial charge in [-0.3, -0.25) is 4.98 Å². The van der Waals surface area contributed by atoms with E-state index in [0.29, 0.717) is 5.69 Å². The van der Waals surface area contributed by atoms with Crippen molar-refractivity contribution in [2.24, 2.45) is 0 Å². The van der Waals surface area contributed by atoms with E-state index in [0.717, 1.165) is 17.9 Å². The van der Waals surface area contributed by atoms with Crippen molar-refractivity contribution in [2.75, 3.05) is 17.7 Å². The lowest BCUT2D eigenvalue weighted by atomic mass is 10.2. The maximum Gasteiger partial charge on any atom is 0.155 e. The van der Waals surface area contributed by atoms with E-state index in [1.807, 2.05) is 30.3 Å². The Kier molecular flexibility index (Phi) is 2.95. The lowest BCUT2D eigenvalue weighted by Gasteiger charge is -2.18. The van der Waals surface area contributed by atoms with Crippen molar-refractivity contribution in [1.82, 2.24) is 15.0 Å². The van der Waals surface area contributed by atoms with Gasteiger partial charge in [0.1, 0.15) is 6.33 Å². The van der Waals surface area contributed by atoms with Crippen molar-refractivity contribution >= 4 is 11.5 Å². The average Bonchev–Trinajstić information content (AvgIpc) is 2.31. The minimum Gasteiger partial charge on any atom is -0.394 e. The molecule has 2 N–H and O–H groups in total. The third kappa shape index (κ3) is 2.25. The smallest absolute Gasteiger partial charge is 0.155 e. The Morgan fingerprint density at radius 1 is 1.31 bits per heavy atom. The summed E-state index contributed by atoms with van der Waals surface area (Å²) in [6.45, 7) is 0.717. The molecule has 0 saturated heterocycles. The molecule has 0 atom stereocenters. The summed E-state index contributed by atoms with van der Waals surface area (Å²) in [6, 6.07) is 3.92. The average molecular weight is 215 g/mol. The molecule has 0 saturated carbocycles. The van der Waals surface area contributed by atoms with Crippen LogP contribution in [0.1, 0.15) is 5.56 Å². The van der Waals surface area contributed by atoms with Crippen LogP contribution in [0.2, 0.25) is 0 Å². The van der Waals surface area contributed by atoms with E-state index in [1.165, 1.54) is 6.33 Å². The van der Waals surface area contributed by atoms with Crippen molar-refractivity contribution in [3.63, 3.8) is 0 Å². The van der Waals surface area contributed by atoms with Gasteiger partial charge >= 0.3 is 0 Å². The van der Waals surface area contributed by atoms with Gasteiger partial charge in [0.05, 0.1) is 11.9 Å². The number of nitrogens with two attached hydrogens (primary N) is 1. The topological polar surface area (TPSA) is 67.9 Å². The van der Waals surface area contributed by atoms with Gasteiger partial charge in [-0.25, -0.2) is 9.97 Å². The van der Waals surface area contributed by atoms with Gasteiger partial charge in [-0.1, -0.05) is 6.07 Å². The Morgan fingerprint density at radius 2 is 2.19 bits per heavy atom. The van der Waals surface area contributed by atoms with Gasteiger partial charge in [0.25, 0.3) is 0 Å². The zero-order valence-corrected chi connectivity index (χ0v) is 9.04. The molecule has 0 amide bonds. The molecule has 0 unspecified atom stereocenters. The van der Waals surface area contributed by atoms with E-state index in [-0.39, 0.29) is 0 Å². The first-order chi connectivity index (χ1) is 7.77. The van der Waals surface area contributed by atoms with Gasteiger partial charge in [-0.05, 0) is 11.6 Å². The Balaban J connectivity index is 2.15.